The van der Waals surface area contributed by atoms with Crippen LogP contribution >= 0.6 is 0 Å². The van der Waals surface area contributed by atoms with Gasteiger partial charge in [-0.1, -0.05) is 30.3 Å². The van der Waals surface area contributed by atoms with Crippen LogP contribution < -0.4 is 5.32 Å². The van der Waals surface area contributed by atoms with Crippen molar-refractivity contribution in [1.29, 1.82) is 0 Å². The van der Waals surface area contributed by atoms with Crippen molar-refractivity contribution < 1.29 is 4.79 Å². The van der Waals surface area contributed by atoms with Crippen molar-refractivity contribution in [3.05, 3.63) is 64.2 Å². The van der Waals surface area contributed by atoms with Crippen LogP contribution in [-0.2, 0) is 4.79 Å². The highest BCUT2D eigenvalue weighted by molar-refractivity contribution is 5.95. The van der Waals surface area contributed by atoms with Crippen LogP contribution in [-0.4, -0.2) is 5.91 Å². The van der Waals surface area contributed by atoms with E-state index >= 15 is 0 Å². The van der Waals surface area contributed by atoms with E-state index in [1.807, 2.05) is 6.07 Å². The first-order valence-electron chi connectivity index (χ1n) is 7.03. The van der Waals surface area contributed by atoms with Gasteiger partial charge in [0.15, 0.2) is 0 Å². The molecule has 0 aliphatic carbocycles. The molecule has 1 aliphatic rings. The topological polar surface area (TPSA) is 29.1 Å². The molecule has 1 N–H and O–H groups in total. The van der Waals surface area contributed by atoms with E-state index in [1.54, 1.807) is 0 Å². The summed E-state index contributed by atoms with van der Waals surface area (Å²) in [5.74, 6) is 0.272. The molecule has 2 nitrogen and oxygen atoms in total. The zero-order valence-corrected chi connectivity index (χ0v) is 12.2. The van der Waals surface area contributed by atoms with Crippen LogP contribution in [0.5, 0.6) is 0 Å². The third kappa shape index (κ3) is 2.11. The Bertz CT molecular complexity index is 688. The Labute approximate surface area is 119 Å². The van der Waals surface area contributed by atoms with E-state index in [4.69, 9.17) is 0 Å². The summed E-state index contributed by atoms with van der Waals surface area (Å²) in [6.07, 6.45) is 0.528. The van der Waals surface area contributed by atoms with Crippen molar-refractivity contribution in [2.24, 2.45) is 0 Å². The standard InChI is InChI=1S/C18H19NO/c1-11-6-4-5-7-14(11)15-10-18(20)19-17-9-13(3)12(2)8-16(15)17/h4-9,15H,10H2,1-3H3,(H,19,20)/t15-/m0/s1. The van der Waals surface area contributed by atoms with Gasteiger partial charge in [-0.2, -0.15) is 0 Å². The van der Waals surface area contributed by atoms with Crippen molar-refractivity contribution in [1.82, 2.24) is 0 Å². The minimum absolute atomic E-state index is 0.106. The first kappa shape index (κ1) is 12.9. The van der Waals surface area contributed by atoms with Crippen LogP contribution in [0.3, 0.4) is 0 Å². The molecule has 0 unspecified atom stereocenters. The van der Waals surface area contributed by atoms with Crippen molar-refractivity contribution in [3.8, 4) is 0 Å². The summed E-state index contributed by atoms with van der Waals surface area (Å²) in [5, 5.41) is 3.01. The minimum Gasteiger partial charge on any atom is -0.326 e. The zero-order chi connectivity index (χ0) is 14.3. The molecule has 1 aliphatic heterocycles. The summed E-state index contributed by atoms with van der Waals surface area (Å²) in [4.78, 5) is 12.0. The molecule has 1 atom stereocenters. The maximum Gasteiger partial charge on any atom is 0.225 e. The molecular weight excluding hydrogens is 246 g/mol. The molecular formula is C18H19NO. The number of hydrogen-bond donors (Lipinski definition) is 1. The van der Waals surface area contributed by atoms with Gasteiger partial charge in [0.1, 0.15) is 0 Å². The summed E-state index contributed by atoms with van der Waals surface area (Å²) >= 11 is 0. The van der Waals surface area contributed by atoms with Gasteiger partial charge in [0, 0.05) is 18.0 Å². The number of aryl methyl sites for hydroxylation is 3. The molecule has 2 heteroatoms. The van der Waals surface area contributed by atoms with Crippen LogP contribution in [0, 0.1) is 20.8 Å². The summed E-state index contributed by atoms with van der Waals surface area (Å²) in [6.45, 7) is 6.32. The number of carbonyl (C=O) groups is 1. The van der Waals surface area contributed by atoms with E-state index < -0.39 is 0 Å². The SMILES string of the molecule is Cc1cc2c(cc1C)[C@H](c1ccccc1C)CC(=O)N2. The van der Waals surface area contributed by atoms with Crippen molar-refractivity contribution in [2.45, 2.75) is 33.1 Å². The molecule has 0 radical (unpaired) electrons. The van der Waals surface area contributed by atoms with Crippen LogP contribution in [0.15, 0.2) is 36.4 Å². The maximum atomic E-state index is 12.0. The van der Waals surface area contributed by atoms with Crippen molar-refractivity contribution in [3.63, 3.8) is 0 Å². The van der Waals surface area contributed by atoms with Gasteiger partial charge < -0.3 is 5.32 Å². The van der Waals surface area contributed by atoms with Crippen LogP contribution in [0.25, 0.3) is 0 Å². The molecule has 0 aromatic heterocycles. The number of hydrogen-bond acceptors (Lipinski definition) is 1. The monoisotopic (exact) mass is 265 g/mol. The maximum absolute atomic E-state index is 12.0. The number of fused-ring (bicyclic) bond motifs is 1. The largest absolute Gasteiger partial charge is 0.326 e. The highest BCUT2D eigenvalue weighted by atomic mass is 16.1. The lowest BCUT2D eigenvalue weighted by Gasteiger charge is -2.28. The average Bonchev–Trinajstić information content (AvgIpc) is 2.41. The second-order valence-electron chi connectivity index (χ2n) is 5.69. The lowest BCUT2D eigenvalue weighted by molar-refractivity contribution is -0.116. The molecule has 0 bridgehead atoms. The number of nitrogens with one attached hydrogen (secondary N) is 1. The molecule has 1 amide bonds. The molecule has 3 rings (SSSR count). The second kappa shape index (κ2) is 4.78. The molecule has 0 saturated carbocycles. The molecule has 2 aromatic carbocycles. The number of carbonyl (C=O) groups excluding carboxylic acids is 1. The third-order valence-corrected chi connectivity index (χ3v) is 4.27. The third-order valence-electron chi connectivity index (χ3n) is 4.27. The molecule has 1 heterocycles. The number of amides is 1. The lowest BCUT2D eigenvalue weighted by Crippen LogP contribution is -2.24. The summed E-state index contributed by atoms with van der Waals surface area (Å²) in [6, 6.07) is 12.7. The van der Waals surface area contributed by atoms with E-state index in [0.29, 0.717) is 6.42 Å². The van der Waals surface area contributed by atoms with Gasteiger partial charge in [-0.3, -0.25) is 4.79 Å². The normalized spacial score (nSPS) is 17.6. The van der Waals surface area contributed by atoms with Gasteiger partial charge in [0.2, 0.25) is 5.91 Å². The fourth-order valence-electron chi connectivity index (χ4n) is 2.99. The smallest absolute Gasteiger partial charge is 0.225 e. The minimum atomic E-state index is 0.106. The highest BCUT2D eigenvalue weighted by Crippen LogP contribution is 2.39. The zero-order valence-electron chi connectivity index (χ0n) is 12.2. The Balaban J connectivity index is 2.17. The van der Waals surface area contributed by atoms with E-state index in [9.17, 15) is 4.79 Å². The molecule has 2 aromatic rings. The fraction of sp³-hybridized carbons (Fsp3) is 0.278. The molecule has 0 saturated heterocycles. The predicted molar refractivity (Wildman–Crippen MR) is 82.2 cm³/mol. The highest BCUT2D eigenvalue weighted by Gasteiger charge is 2.27. The van der Waals surface area contributed by atoms with Crippen molar-refractivity contribution in [2.75, 3.05) is 5.32 Å². The molecule has 0 fully saturated rings. The number of benzene rings is 2. The average molecular weight is 265 g/mol. The van der Waals surface area contributed by atoms with Crippen molar-refractivity contribution >= 4 is 11.6 Å². The van der Waals surface area contributed by atoms with E-state index in [0.717, 1.165) is 5.69 Å². The lowest BCUT2D eigenvalue weighted by atomic mass is 9.81. The van der Waals surface area contributed by atoms with Gasteiger partial charge >= 0.3 is 0 Å². The van der Waals surface area contributed by atoms with E-state index in [1.165, 1.54) is 27.8 Å². The summed E-state index contributed by atoms with van der Waals surface area (Å²) in [5.41, 5.74) is 7.20. The summed E-state index contributed by atoms with van der Waals surface area (Å²) in [7, 11) is 0. The first-order valence-corrected chi connectivity index (χ1v) is 7.03. The Hall–Kier alpha value is -2.09. The van der Waals surface area contributed by atoms with Gasteiger partial charge in [-0.05, 0) is 54.7 Å². The van der Waals surface area contributed by atoms with Gasteiger partial charge in [-0.15, -0.1) is 0 Å². The van der Waals surface area contributed by atoms with Crippen LogP contribution in [0.4, 0.5) is 5.69 Å². The van der Waals surface area contributed by atoms with Crippen LogP contribution in [0.2, 0.25) is 0 Å². The van der Waals surface area contributed by atoms with E-state index in [2.05, 4.69) is 56.4 Å². The quantitative estimate of drug-likeness (QED) is 0.826. The Morgan fingerprint density at radius 1 is 0.950 bits per heavy atom. The summed E-state index contributed by atoms with van der Waals surface area (Å²) < 4.78 is 0. The second-order valence-corrected chi connectivity index (χ2v) is 5.69. The predicted octanol–water partition coefficient (Wildman–Crippen LogP) is 4.09. The van der Waals surface area contributed by atoms with E-state index in [-0.39, 0.29) is 11.8 Å². The van der Waals surface area contributed by atoms with Gasteiger partial charge in [0.25, 0.3) is 0 Å². The van der Waals surface area contributed by atoms with Gasteiger partial charge in [-0.25, -0.2) is 0 Å². The Morgan fingerprint density at radius 2 is 1.65 bits per heavy atom. The number of rotatable bonds is 1. The van der Waals surface area contributed by atoms with Gasteiger partial charge in [0.05, 0.1) is 0 Å². The molecule has 20 heavy (non-hydrogen) atoms. The number of anilines is 1. The molecule has 0 spiro atoms. The Kier molecular flexibility index (Phi) is 3.09. The first-order chi connectivity index (χ1) is 9.56. The van der Waals surface area contributed by atoms with Crippen LogP contribution in [0.1, 0.15) is 40.2 Å². The Morgan fingerprint density at radius 3 is 2.40 bits per heavy atom. The fourth-order valence-corrected chi connectivity index (χ4v) is 2.99. The molecule has 102 valence electrons.